The molecule has 2 aromatic carbocycles. The van der Waals surface area contributed by atoms with Crippen molar-refractivity contribution in [3.05, 3.63) is 53.8 Å². The fourth-order valence-corrected chi connectivity index (χ4v) is 2.20. The predicted molar refractivity (Wildman–Crippen MR) is 93.8 cm³/mol. The Morgan fingerprint density at radius 1 is 1.11 bits per heavy atom. The largest absolute Gasteiger partial charge is 0.454 e. The highest BCUT2D eigenvalue weighted by Crippen LogP contribution is 2.38. The second-order valence-corrected chi connectivity index (χ2v) is 5.74. The lowest BCUT2D eigenvalue weighted by Crippen LogP contribution is -2.28. The third kappa shape index (κ3) is 5.93. The van der Waals surface area contributed by atoms with E-state index in [1.807, 2.05) is 0 Å². The van der Waals surface area contributed by atoms with Crippen molar-refractivity contribution in [2.75, 3.05) is 25.6 Å². The molecule has 0 saturated carbocycles. The molecule has 1 atom stereocenters. The summed E-state index contributed by atoms with van der Waals surface area (Å²) in [5.74, 6) is -2.36. The third-order valence-corrected chi connectivity index (χ3v) is 3.64. The van der Waals surface area contributed by atoms with Gasteiger partial charge in [0.1, 0.15) is 11.9 Å². The van der Waals surface area contributed by atoms with E-state index in [0.29, 0.717) is 6.61 Å². The van der Waals surface area contributed by atoms with E-state index in [4.69, 9.17) is 14.2 Å². The van der Waals surface area contributed by atoms with Crippen LogP contribution in [0.3, 0.4) is 0 Å². The number of hydrogen-bond acceptors (Lipinski definition) is 4. The van der Waals surface area contributed by atoms with Gasteiger partial charge in [-0.05, 0) is 31.2 Å². The number of nitrogens with one attached hydrogen (secondary N) is 1. The Balaban J connectivity index is 2.08. The lowest BCUT2D eigenvalue weighted by Gasteiger charge is -2.15. The Labute approximate surface area is 159 Å². The lowest BCUT2D eigenvalue weighted by molar-refractivity contribution is -0.138. The van der Waals surface area contributed by atoms with Crippen LogP contribution in [0.2, 0.25) is 0 Å². The molecule has 0 heterocycles. The van der Waals surface area contributed by atoms with Crippen LogP contribution in [0.4, 0.5) is 23.2 Å². The molecule has 0 fully saturated rings. The maximum Gasteiger partial charge on any atom is 0.419 e. The normalized spacial score (nSPS) is 12.5. The molecule has 0 aliphatic carbocycles. The fourth-order valence-electron chi connectivity index (χ4n) is 2.20. The quantitative estimate of drug-likeness (QED) is 0.518. The molecule has 0 aliphatic rings. The molecule has 9 heteroatoms. The van der Waals surface area contributed by atoms with Crippen molar-refractivity contribution < 1.29 is 36.6 Å². The Morgan fingerprint density at radius 2 is 1.82 bits per heavy atom. The smallest absolute Gasteiger partial charge is 0.419 e. The van der Waals surface area contributed by atoms with Crippen molar-refractivity contribution in [3.8, 4) is 11.5 Å². The van der Waals surface area contributed by atoms with Crippen LogP contribution in [0, 0.1) is 5.82 Å². The highest BCUT2D eigenvalue weighted by Gasteiger charge is 2.34. The topological polar surface area (TPSA) is 56.8 Å². The van der Waals surface area contributed by atoms with Crippen LogP contribution in [-0.2, 0) is 20.4 Å². The average molecular weight is 401 g/mol. The summed E-state index contributed by atoms with van der Waals surface area (Å²) < 4.78 is 68.4. The number of methoxy groups -OCH3 is 1. The van der Waals surface area contributed by atoms with Crippen LogP contribution in [-0.4, -0.2) is 32.3 Å². The van der Waals surface area contributed by atoms with Crippen molar-refractivity contribution >= 4 is 11.6 Å². The molecule has 0 aliphatic heterocycles. The van der Waals surface area contributed by atoms with Gasteiger partial charge in [0.2, 0.25) is 0 Å². The van der Waals surface area contributed by atoms with Crippen LogP contribution < -0.4 is 10.1 Å². The number of carbonyl (C=O) groups excluding carboxylic acids is 1. The van der Waals surface area contributed by atoms with Gasteiger partial charge >= 0.3 is 6.18 Å². The van der Waals surface area contributed by atoms with Gasteiger partial charge in [-0.3, -0.25) is 4.79 Å². The van der Waals surface area contributed by atoms with E-state index in [1.165, 1.54) is 32.2 Å². The van der Waals surface area contributed by atoms with E-state index < -0.39 is 41.1 Å². The summed E-state index contributed by atoms with van der Waals surface area (Å²) in [6, 6.07) is 7.89. The average Bonchev–Trinajstić information content (AvgIpc) is 2.63. The Morgan fingerprint density at radius 3 is 2.46 bits per heavy atom. The van der Waals surface area contributed by atoms with Gasteiger partial charge in [0.25, 0.3) is 5.91 Å². The minimum atomic E-state index is -4.64. The maximum atomic E-state index is 14.3. The maximum absolute atomic E-state index is 14.3. The summed E-state index contributed by atoms with van der Waals surface area (Å²) >= 11 is 0. The van der Waals surface area contributed by atoms with Crippen molar-refractivity contribution in [1.29, 1.82) is 0 Å². The van der Waals surface area contributed by atoms with Crippen molar-refractivity contribution in [2.24, 2.45) is 0 Å². The van der Waals surface area contributed by atoms with Gasteiger partial charge in [-0.15, -0.1) is 0 Å². The van der Waals surface area contributed by atoms with Gasteiger partial charge in [-0.25, -0.2) is 4.39 Å². The summed E-state index contributed by atoms with van der Waals surface area (Å²) in [5.41, 5.74) is -0.907. The Hall–Kier alpha value is -2.65. The van der Waals surface area contributed by atoms with E-state index >= 15 is 0 Å². The second-order valence-electron chi connectivity index (χ2n) is 5.74. The fraction of sp³-hybridized carbons (Fsp3) is 0.316. The lowest BCUT2D eigenvalue weighted by atomic mass is 10.2. The number of anilines is 1. The van der Waals surface area contributed by atoms with Crippen molar-refractivity contribution in [2.45, 2.75) is 19.2 Å². The molecule has 2 aromatic rings. The molecule has 5 nitrogen and oxygen atoms in total. The van der Waals surface area contributed by atoms with Gasteiger partial charge in [0.15, 0.2) is 11.6 Å². The minimum Gasteiger partial charge on any atom is -0.454 e. The van der Waals surface area contributed by atoms with Crippen molar-refractivity contribution in [3.63, 3.8) is 0 Å². The molecule has 0 aromatic heterocycles. The Kier molecular flexibility index (Phi) is 7.36. The zero-order chi connectivity index (χ0) is 20.7. The third-order valence-electron chi connectivity index (χ3n) is 3.64. The van der Waals surface area contributed by atoms with Gasteiger partial charge in [0.05, 0.1) is 18.8 Å². The molecule has 28 heavy (non-hydrogen) atoms. The predicted octanol–water partition coefficient (Wildman–Crippen LogP) is 4.63. The van der Waals surface area contributed by atoms with Gasteiger partial charge in [-0.2, -0.15) is 13.2 Å². The summed E-state index contributed by atoms with van der Waals surface area (Å²) in [7, 11) is 1.49. The van der Waals surface area contributed by atoms with Gasteiger partial charge < -0.3 is 19.5 Å². The highest BCUT2D eigenvalue weighted by molar-refractivity contribution is 5.93. The molecule has 1 N–H and O–H groups in total. The molecule has 2 rings (SSSR count). The number of alkyl halides is 3. The van der Waals surface area contributed by atoms with Crippen molar-refractivity contribution in [1.82, 2.24) is 0 Å². The van der Waals surface area contributed by atoms with E-state index in [1.54, 1.807) is 0 Å². The summed E-state index contributed by atoms with van der Waals surface area (Å²) in [6.45, 7) is 2.05. The molecule has 152 valence electrons. The number of carbonyl (C=O) groups is 1. The molecule has 0 bridgehead atoms. The first-order valence-corrected chi connectivity index (χ1v) is 8.27. The second kappa shape index (κ2) is 9.52. The number of halogens is 4. The molecule has 1 amide bonds. The first-order valence-electron chi connectivity index (χ1n) is 8.27. The monoisotopic (exact) mass is 401 g/mol. The van der Waals surface area contributed by atoms with Crippen LogP contribution in [0.1, 0.15) is 12.5 Å². The van der Waals surface area contributed by atoms with E-state index in [9.17, 15) is 22.4 Å². The number of ether oxygens (including phenoxy) is 3. The van der Waals surface area contributed by atoms with Crippen LogP contribution in [0.5, 0.6) is 11.5 Å². The van der Waals surface area contributed by atoms with Crippen LogP contribution in [0.15, 0.2) is 42.5 Å². The molecular formula is C19H19F4NO4. The summed E-state index contributed by atoms with van der Waals surface area (Å²) in [6.07, 6.45) is -5.44. The van der Waals surface area contributed by atoms with Crippen LogP contribution in [0.25, 0.3) is 0 Å². The number of hydrogen-bond donors (Lipinski definition) is 1. The molecule has 0 saturated heterocycles. The van der Waals surface area contributed by atoms with E-state index in [-0.39, 0.29) is 12.3 Å². The standard InChI is InChI=1S/C19H19F4NO4/c1-12(27-10-9-26-2)18(25)24-13-7-8-17(15(20)11-13)28-16-6-4-3-5-14(16)19(21,22)23/h3-8,11-12H,9-10H2,1-2H3,(H,24,25). The Bertz CT molecular complexity index is 811. The summed E-state index contributed by atoms with van der Waals surface area (Å²) in [4.78, 5) is 12.0. The first-order chi connectivity index (χ1) is 13.2. The summed E-state index contributed by atoms with van der Waals surface area (Å²) in [5, 5.41) is 2.46. The number of para-hydroxylation sites is 1. The van der Waals surface area contributed by atoms with Gasteiger partial charge in [-0.1, -0.05) is 12.1 Å². The highest BCUT2D eigenvalue weighted by atomic mass is 19.4. The number of amides is 1. The SMILES string of the molecule is COCCOC(C)C(=O)Nc1ccc(Oc2ccccc2C(F)(F)F)c(F)c1. The first kappa shape index (κ1) is 21.6. The van der Waals surface area contributed by atoms with E-state index in [2.05, 4.69) is 5.32 Å². The number of benzene rings is 2. The zero-order valence-corrected chi connectivity index (χ0v) is 15.2. The number of rotatable bonds is 8. The van der Waals surface area contributed by atoms with E-state index in [0.717, 1.165) is 24.3 Å². The van der Waals surface area contributed by atoms with Gasteiger partial charge in [0, 0.05) is 18.9 Å². The molecule has 1 unspecified atom stereocenters. The van der Waals surface area contributed by atoms with Crippen LogP contribution >= 0.6 is 0 Å². The molecule has 0 radical (unpaired) electrons. The zero-order valence-electron chi connectivity index (χ0n) is 15.2. The molecule has 0 spiro atoms. The minimum absolute atomic E-state index is 0.112. The molecular weight excluding hydrogens is 382 g/mol.